The molecule has 1 aromatic heterocycles. The van der Waals surface area contributed by atoms with Crippen LogP contribution in [-0.2, 0) is 6.42 Å². The molecule has 0 fully saturated rings. The van der Waals surface area contributed by atoms with Crippen LogP contribution < -0.4 is 0 Å². The number of benzene rings is 1. The summed E-state index contributed by atoms with van der Waals surface area (Å²) in [6.07, 6.45) is 1.83. The number of rotatable bonds is 3. The first-order valence-electron chi connectivity index (χ1n) is 4.67. The molecule has 0 saturated heterocycles. The minimum Gasteiger partial charge on any atom is -0.457 e. The first-order chi connectivity index (χ1) is 7.66. The van der Waals surface area contributed by atoms with Crippen LogP contribution in [0.1, 0.15) is 15.9 Å². The molecule has 82 valence electrons. The van der Waals surface area contributed by atoms with Crippen molar-refractivity contribution in [3.05, 3.63) is 57.4 Å². The Hall–Kier alpha value is -1.06. The zero-order chi connectivity index (χ0) is 11.5. The van der Waals surface area contributed by atoms with Gasteiger partial charge in [-0.25, -0.2) is 0 Å². The number of Topliss-reactive ketones (excluding diaryl/α,β-unsaturated/α-hetero) is 1. The van der Waals surface area contributed by atoms with Gasteiger partial charge in [-0.15, -0.1) is 0 Å². The van der Waals surface area contributed by atoms with Gasteiger partial charge >= 0.3 is 0 Å². The standard InChI is InChI=1S/C12H8BrClO2/c13-12-10(5-6-16-12)11(15)7-8-1-3-9(14)4-2-8/h1-6H,7H2. The molecule has 0 N–H and O–H groups in total. The quantitative estimate of drug-likeness (QED) is 0.798. The van der Waals surface area contributed by atoms with E-state index in [9.17, 15) is 4.79 Å². The maximum Gasteiger partial charge on any atom is 0.179 e. The monoisotopic (exact) mass is 298 g/mol. The molecule has 0 unspecified atom stereocenters. The van der Waals surface area contributed by atoms with Crippen LogP contribution in [0.5, 0.6) is 0 Å². The molecule has 2 rings (SSSR count). The Morgan fingerprint density at radius 2 is 1.94 bits per heavy atom. The lowest BCUT2D eigenvalue weighted by Gasteiger charge is -1.99. The van der Waals surface area contributed by atoms with E-state index in [4.69, 9.17) is 16.0 Å². The van der Waals surface area contributed by atoms with Gasteiger partial charge in [0.15, 0.2) is 10.5 Å². The topological polar surface area (TPSA) is 30.2 Å². The first-order valence-corrected chi connectivity index (χ1v) is 5.84. The molecule has 1 aromatic carbocycles. The van der Waals surface area contributed by atoms with Gasteiger partial charge in [-0.3, -0.25) is 4.79 Å². The zero-order valence-electron chi connectivity index (χ0n) is 8.24. The predicted molar refractivity (Wildman–Crippen MR) is 65.9 cm³/mol. The van der Waals surface area contributed by atoms with Crippen molar-refractivity contribution >= 4 is 33.3 Å². The summed E-state index contributed by atoms with van der Waals surface area (Å²) in [4.78, 5) is 11.9. The summed E-state index contributed by atoms with van der Waals surface area (Å²) < 4.78 is 5.50. The molecule has 2 nitrogen and oxygen atoms in total. The molecule has 0 bridgehead atoms. The molecular weight excluding hydrogens is 291 g/mol. The number of carbonyl (C=O) groups is 1. The number of hydrogen-bond donors (Lipinski definition) is 0. The average molecular weight is 300 g/mol. The average Bonchev–Trinajstić information content (AvgIpc) is 2.68. The van der Waals surface area contributed by atoms with Gasteiger partial charge in [-0.1, -0.05) is 23.7 Å². The van der Waals surface area contributed by atoms with E-state index in [1.165, 1.54) is 6.26 Å². The highest BCUT2D eigenvalue weighted by Crippen LogP contribution is 2.20. The van der Waals surface area contributed by atoms with E-state index in [0.29, 0.717) is 21.7 Å². The molecule has 0 spiro atoms. The van der Waals surface area contributed by atoms with E-state index in [1.54, 1.807) is 18.2 Å². The van der Waals surface area contributed by atoms with Gasteiger partial charge in [0.2, 0.25) is 0 Å². The third-order valence-electron chi connectivity index (χ3n) is 2.20. The molecule has 16 heavy (non-hydrogen) atoms. The van der Waals surface area contributed by atoms with Crippen molar-refractivity contribution in [3.63, 3.8) is 0 Å². The molecule has 0 aliphatic carbocycles. The summed E-state index contributed by atoms with van der Waals surface area (Å²) in [6.45, 7) is 0. The number of furan rings is 1. The Morgan fingerprint density at radius 1 is 1.25 bits per heavy atom. The Kier molecular flexibility index (Phi) is 3.46. The van der Waals surface area contributed by atoms with Crippen molar-refractivity contribution in [1.82, 2.24) is 0 Å². The molecule has 0 aliphatic rings. The van der Waals surface area contributed by atoms with Crippen LogP contribution in [0, 0.1) is 0 Å². The van der Waals surface area contributed by atoms with Gasteiger partial charge in [0, 0.05) is 11.4 Å². The maximum atomic E-state index is 11.9. The molecule has 1 heterocycles. The Balaban J connectivity index is 2.14. The Bertz CT molecular complexity index is 502. The van der Waals surface area contributed by atoms with Crippen molar-refractivity contribution in [2.45, 2.75) is 6.42 Å². The smallest absolute Gasteiger partial charge is 0.179 e. The Labute approximate surface area is 106 Å². The second-order valence-corrected chi connectivity index (χ2v) is 4.49. The fourth-order valence-corrected chi connectivity index (χ4v) is 1.96. The van der Waals surface area contributed by atoms with E-state index < -0.39 is 0 Å². The van der Waals surface area contributed by atoms with Crippen molar-refractivity contribution in [3.8, 4) is 0 Å². The lowest BCUT2D eigenvalue weighted by atomic mass is 10.1. The summed E-state index contributed by atoms with van der Waals surface area (Å²) in [5, 5.41) is 0.667. The highest BCUT2D eigenvalue weighted by molar-refractivity contribution is 9.10. The Morgan fingerprint density at radius 3 is 2.50 bits per heavy atom. The molecule has 0 atom stereocenters. The van der Waals surface area contributed by atoms with Crippen molar-refractivity contribution in [1.29, 1.82) is 0 Å². The minimum atomic E-state index is 0.0166. The fourth-order valence-electron chi connectivity index (χ4n) is 1.38. The largest absolute Gasteiger partial charge is 0.457 e. The second kappa shape index (κ2) is 4.85. The van der Waals surface area contributed by atoms with Gasteiger partial charge < -0.3 is 4.42 Å². The predicted octanol–water partition coefficient (Wildman–Crippen LogP) is 4.12. The van der Waals surface area contributed by atoms with E-state index >= 15 is 0 Å². The second-order valence-electron chi connectivity index (χ2n) is 3.33. The maximum absolute atomic E-state index is 11.9. The highest BCUT2D eigenvalue weighted by atomic mass is 79.9. The molecule has 2 aromatic rings. The summed E-state index contributed by atoms with van der Waals surface area (Å²) in [7, 11) is 0. The summed E-state index contributed by atoms with van der Waals surface area (Å²) >= 11 is 8.95. The van der Waals surface area contributed by atoms with E-state index in [0.717, 1.165) is 5.56 Å². The van der Waals surface area contributed by atoms with Crippen LogP contribution in [0.3, 0.4) is 0 Å². The normalized spacial score (nSPS) is 10.4. The van der Waals surface area contributed by atoms with Crippen molar-refractivity contribution < 1.29 is 9.21 Å². The van der Waals surface area contributed by atoms with Crippen LogP contribution in [0.4, 0.5) is 0 Å². The summed E-state index contributed by atoms with van der Waals surface area (Å²) in [5.41, 5.74) is 1.50. The van der Waals surface area contributed by atoms with Crippen LogP contribution in [0.15, 0.2) is 45.7 Å². The van der Waals surface area contributed by atoms with Crippen LogP contribution in [-0.4, -0.2) is 5.78 Å². The molecule has 0 radical (unpaired) electrons. The summed E-state index contributed by atoms with van der Waals surface area (Å²) in [6, 6.07) is 8.88. The number of ketones is 1. The molecule has 0 saturated carbocycles. The van der Waals surface area contributed by atoms with E-state index in [1.807, 2.05) is 12.1 Å². The van der Waals surface area contributed by atoms with Crippen LogP contribution >= 0.6 is 27.5 Å². The molecule has 4 heteroatoms. The lowest BCUT2D eigenvalue weighted by Crippen LogP contribution is -2.02. The zero-order valence-corrected chi connectivity index (χ0v) is 10.6. The van der Waals surface area contributed by atoms with E-state index in [2.05, 4.69) is 15.9 Å². The summed E-state index contributed by atoms with van der Waals surface area (Å²) in [5.74, 6) is 0.0166. The van der Waals surface area contributed by atoms with Gasteiger partial charge in [-0.05, 0) is 39.7 Å². The number of carbonyl (C=O) groups excluding carboxylic acids is 1. The molecule has 0 aliphatic heterocycles. The third-order valence-corrected chi connectivity index (χ3v) is 3.06. The SMILES string of the molecule is O=C(Cc1ccc(Cl)cc1)c1ccoc1Br. The first kappa shape index (κ1) is 11.4. The fraction of sp³-hybridized carbons (Fsp3) is 0.0833. The third kappa shape index (κ3) is 2.54. The minimum absolute atomic E-state index is 0.0166. The number of hydrogen-bond acceptors (Lipinski definition) is 2. The van der Waals surface area contributed by atoms with Gasteiger partial charge in [0.05, 0.1) is 11.8 Å². The molecular formula is C12H8BrClO2. The highest BCUT2D eigenvalue weighted by Gasteiger charge is 2.12. The molecule has 0 amide bonds. The number of halogens is 2. The van der Waals surface area contributed by atoms with Crippen LogP contribution in [0.25, 0.3) is 0 Å². The van der Waals surface area contributed by atoms with Gasteiger partial charge in [-0.2, -0.15) is 0 Å². The van der Waals surface area contributed by atoms with Crippen molar-refractivity contribution in [2.24, 2.45) is 0 Å². The van der Waals surface area contributed by atoms with Gasteiger partial charge in [0.1, 0.15) is 0 Å². The van der Waals surface area contributed by atoms with Crippen molar-refractivity contribution in [2.75, 3.05) is 0 Å². The lowest BCUT2D eigenvalue weighted by molar-refractivity contribution is 0.0991. The van der Waals surface area contributed by atoms with E-state index in [-0.39, 0.29) is 5.78 Å². The van der Waals surface area contributed by atoms with Crippen LogP contribution in [0.2, 0.25) is 5.02 Å². The van der Waals surface area contributed by atoms with Gasteiger partial charge in [0.25, 0.3) is 0 Å².